The van der Waals surface area contributed by atoms with E-state index in [1.54, 1.807) is 10.8 Å². The molecule has 8 nitrogen and oxygen atoms in total. The van der Waals surface area contributed by atoms with Crippen molar-refractivity contribution in [1.29, 1.82) is 5.26 Å². The Kier molecular flexibility index (Phi) is 5.52. The standard InChI is InChI=1S/C23H28N6O2/c1-22(2,3)21(30)31-16-28-12-7-18-19(14-25-27-20(18)28)17-13-26-29(15-17)23(10-11-24)8-5-4-6-9-23/h7,12-15H,4-6,8-10,16H2,1-3H3. The number of esters is 1. The maximum Gasteiger partial charge on any atom is 0.312 e. The second-order valence-corrected chi connectivity index (χ2v) is 9.39. The number of fused-ring (bicyclic) bond motifs is 1. The topological polar surface area (TPSA) is 98.6 Å². The number of hydrogen-bond acceptors (Lipinski definition) is 6. The predicted molar refractivity (Wildman–Crippen MR) is 116 cm³/mol. The van der Waals surface area contributed by atoms with Gasteiger partial charge >= 0.3 is 5.97 Å². The molecule has 3 heterocycles. The highest BCUT2D eigenvalue weighted by atomic mass is 16.5. The Morgan fingerprint density at radius 2 is 2.03 bits per heavy atom. The summed E-state index contributed by atoms with van der Waals surface area (Å²) in [5.74, 6) is -0.269. The third kappa shape index (κ3) is 4.05. The Bertz CT molecular complexity index is 1130. The van der Waals surface area contributed by atoms with Gasteiger partial charge in [-0.25, -0.2) is 0 Å². The minimum Gasteiger partial charge on any atom is -0.443 e. The van der Waals surface area contributed by atoms with Crippen LogP contribution in [0.3, 0.4) is 0 Å². The zero-order chi connectivity index (χ0) is 22.1. The van der Waals surface area contributed by atoms with Crippen LogP contribution in [0.2, 0.25) is 0 Å². The number of ether oxygens (including phenoxy) is 1. The largest absolute Gasteiger partial charge is 0.443 e. The summed E-state index contributed by atoms with van der Waals surface area (Å²) in [6, 6.07) is 4.32. The molecule has 0 N–H and O–H groups in total. The molecule has 0 saturated heterocycles. The van der Waals surface area contributed by atoms with E-state index in [0.29, 0.717) is 12.1 Å². The highest BCUT2D eigenvalue weighted by Crippen LogP contribution is 2.38. The lowest BCUT2D eigenvalue weighted by Crippen LogP contribution is -2.36. The molecule has 0 bridgehead atoms. The molecule has 31 heavy (non-hydrogen) atoms. The van der Waals surface area contributed by atoms with Gasteiger partial charge in [0.2, 0.25) is 0 Å². The predicted octanol–water partition coefficient (Wildman–Crippen LogP) is 4.41. The van der Waals surface area contributed by atoms with E-state index in [1.165, 1.54) is 6.42 Å². The van der Waals surface area contributed by atoms with Gasteiger partial charge in [0.15, 0.2) is 12.4 Å². The Morgan fingerprint density at radius 3 is 2.74 bits per heavy atom. The molecule has 1 aliphatic carbocycles. The summed E-state index contributed by atoms with van der Waals surface area (Å²) < 4.78 is 9.20. The average molecular weight is 421 g/mol. The summed E-state index contributed by atoms with van der Waals surface area (Å²) >= 11 is 0. The Balaban J connectivity index is 1.63. The molecule has 0 unspecified atom stereocenters. The van der Waals surface area contributed by atoms with E-state index < -0.39 is 5.41 Å². The van der Waals surface area contributed by atoms with Crippen LogP contribution in [0.1, 0.15) is 59.3 Å². The summed E-state index contributed by atoms with van der Waals surface area (Å²) in [7, 11) is 0. The van der Waals surface area contributed by atoms with Crippen LogP contribution < -0.4 is 0 Å². The van der Waals surface area contributed by atoms with E-state index in [4.69, 9.17) is 4.74 Å². The van der Waals surface area contributed by atoms with Gasteiger partial charge in [-0.05, 0) is 39.7 Å². The van der Waals surface area contributed by atoms with Crippen molar-refractivity contribution in [3.8, 4) is 17.2 Å². The number of nitrogens with zero attached hydrogens (tertiary/aromatic N) is 6. The molecular formula is C23H28N6O2. The van der Waals surface area contributed by atoms with Gasteiger partial charge in [0.1, 0.15) is 0 Å². The molecular weight excluding hydrogens is 392 g/mol. The summed E-state index contributed by atoms with van der Waals surface area (Å²) in [5.41, 5.74) is 1.72. The van der Waals surface area contributed by atoms with Crippen LogP contribution in [0.4, 0.5) is 0 Å². The molecule has 0 atom stereocenters. The van der Waals surface area contributed by atoms with Crippen molar-refractivity contribution >= 4 is 17.0 Å². The third-order valence-corrected chi connectivity index (χ3v) is 6.08. The number of carbonyl (C=O) groups excluding carboxylic acids is 1. The second-order valence-electron chi connectivity index (χ2n) is 9.39. The van der Waals surface area contributed by atoms with Crippen molar-refractivity contribution in [2.75, 3.05) is 0 Å². The van der Waals surface area contributed by atoms with Gasteiger partial charge in [-0.2, -0.15) is 15.5 Å². The van der Waals surface area contributed by atoms with E-state index in [1.807, 2.05) is 50.1 Å². The van der Waals surface area contributed by atoms with Crippen molar-refractivity contribution in [2.24, 2.45) is 5.41 Å². The van der Waals surface area contributed by atoms with E-state index in [2.05, 4.69) is 21.4 Å². The molecule has 8 heteroatoms. The normalized spacial score (nSPS) is 16.2. The second kappa shape index (κ2) is 8.14. The first-order chi connectivity index (χ1) is 14.8. The molecule has 1 fully saturated rings. The van der Waals surface area contributed by atoms with Gasteiger partial charge in [0, 0.05) is 28.9 Å². The lowest BCUT2D eigenvalue weighted by atomic mass is 9.80. The van der Waals surface area contributed by atoms with Crippen molar-refractivity contribution in [3.63, 3.8) is 0 Å². The van der Waals surface area contributed by atoms with E-state index in [-0.39, 0.29) is 18.2 Å². The lowest BCUT2D eigenvalue weighted by molar-refractivity contribution is -0.156. The molecule has 3 aromatic heterocycles. The molecule has 0 amide bonds. The highest BCUT2D eigenvalue weighted by molar-refractivity contribution is 5.92. The Hall–Kier alpha value is -3.21. The van der Waals surface area contributed by atoms with Crippen molar-refractivity contribution in [1.82, 2.24) is 24.5 Å². The zero-order valence-electron chi connectivity index (χ0n) is 18.3. The minimum atomic E-state index is -0.563. The molecule has 162 valence electrons. The van der Waals surface area contributed by atoms with Crippen molar-refractivity contribution in [2.45, 2.75) is 71.6 Å². The van der Waals surface area contributed by atoms with Crippen LogP contribution >= 0.6 is 0 Å². The first kappa shape index (κ1) is 21.0. The van der Waals surface area contributed by atoms with Gasteiger partial charge in [-0.15, -0.1) is 5.10 Å². The van der Waals surface area contributed by atoms with Gasteiger partial charge in [0.25, 0.3) is 0 Å². The summed E-state index contributed by atoms with van der Waals surface area (Å²) in [5, 5.41) is 23.4. The van der Waals surface area contributed by atoms with Gasteiger partial charge in [-0.1, -0.05) is 19.3 Å². The summed E-state index contributed by atoms with van der Waals surface area (Å²) in [6.45, 7) is 5.56. The first-order valence-electron chi connectivity index (χ1n) is 10.7. The number of nitriles is 1. The molecule has 0 radical (unpaired) electrons. The SMILES string of the molecule is CC(C)(C)C(=O)OCn1ccc2c(-c3cnn(C4(CC#N)CCCCC4)c3)cnnc21. The molecule has 0 aromatic carbocycles. The minimum absolute atomic E-state index is 0.0856. The monoisotopic (exact) mass is 420 g/mol. The molecule has 0 aliphatic heterocycles. The van der Waals surface area contributed by atoms with E-state index in [9.17, 15) is 10.1 Å². The van der Waals surface area contributed by atoms with E-state index in [0.717, 1.165) is 42.2 Å². The van der Waals surface area contributed by atoms with Crippen molar-refractivity contribution in [3.05, 3.63) is 30.9 Å². The summed E-state index contributed by atoms with van der Waals surface area (Å²) in [4.78, 5) is 12.1. The van der Waals surface area contributed by atoms with Crippen LogP contribution in [-0.2, 0) is 21.8 Å². The van der Waals surface area contributed by atoms with Gasteiger partial charge in [0.05, 0.1) is 35.8 Å². The van der Waals surface area contributed by atoms with Crippen LogP contribution in [0.15, 0.2) is 30.9 Å². The first-order valence-corrected chi connectivity index (χ1v) is 10.7. The molecule has 1 aliphatic rings. The number of hydrogen-bond donors (Lipinski definition) is 0. The molecule has 1 saturated carbocycles. The lowest BCUT2D eigenvalue weighted by Gasteiger charge is -2.35. The zero-order valence-corrected chi connectivity index (χ0v) is 18.3. The smallest absolute Gasteiger partial charge is 0.312 e. The molecule has 0 spiro atoms. The number of aromatic nitrogens is 5. The summed E-state index contributed by atoms with van der Waals surface area (Å²) in [6.07, 6.45) is 13.3. The van der Waals surface area contributed by atoms with Crippen molar-refractivity contribution < 1.29 is 9.53 Å². The third-order valence-electron chi connectivity index (χ3n) is 6.08. The van der Waals surface area contributed by atoms with E-state index >= 15 is 0 Å². The van der Waals surface area contributed by atoms with Crippen LogP contribution in [0.5, 0.6) is 0 Å². The maximum atomic E-state index is 12.1. The molecule has 3 aromatic rings. The Labute approximate surface area is 181 Å². The number of rotatable bonds is 5. The number of carbonyl (C=O) groups is 1. The Morgan fingerprint density at radius 1 is 1.26 bits per heavy atom. The average Bonchev–Trinajstić information content (AvgIpc) is 3.40. The van der Waals surface area contributed by atoms with Crippen LogP contribution in [-0.4, -0.2) is 30.5 Å². The molecule has 4 rings (SSSR count). The maximum absolute atomic E-state index is 12.1. The quantitative estimate of drug-likeness (QED) is 0.567. The van der Waals surface area contributed by atoms with Gasteiger partial charge < -0.3 is 4.74 Å². The van der Waals surface area contributed by atoms with Gasteiger partial charge in [-0.3, -0.25) is 14.0 Å². The van der Waals surface area contributed by atoms with Crippen LogP contribution in [0.25, 0.3) is 22.2 Å². The fourth-order valence-corrected chi connectivity index (χ4v) is 4.24. The fourth-order valence-electron chi connectivity index (χ4n) is 4.24. The highest BCUT2D eigenvalue weighted by Gasteiger charge is 2.34. The van der Waals surface area contributed by atoms with Crippen LogP contribution in [0, 0.1) is 16.7 Å². The fraction of sp³-hybridized carbons (Fsp3) is 0.522.